The molecule has 0 amide bonds. The molecule has 19 heavy (non-hydrogen) atoms. The van der Waals surface area contributed by atoms with Gasteiger partial charge in [0.1, 0.15) is 0 Å². The lowest BCUT2D eigenvalue weighted by Crippen LogP contribution is -2.50. The van der Waals surface area contributed by atoms with Crippen molar-refractivity contribution in [3.8, 4) is 0 Å². The van der Waals surface area contributed by atoms with Crippen LogP contribution in [0.3, 0.4) is 0 Å². The smallest absolute Gasteiger partial charge is 0.0309 e. The van der Waals surface area contributed by atoms with Crippen LogP contribution in [0.5, 0.6) is 0 Å². The molecule has 1 fully saturated rings. The molecular weight excluding hydrogens is 234 g/mol. The SMILES string of the molecule is Cc1ccccc1C(N)CCN1CCN(C)CC1C. The van der Waals surface area contributed by atoms with E-state index >= 15 is 0 Å². The van der Waals surface area contributed by atoms with Gasteiger partial charge in [0.05, 0.1) is 0 Å². The van der Waals surface area contributed by atoms with Gasteiger partial charge in [-0.1, -0.05) is 24.3 Å². The minimum Gasteiger partial charge on any atom is -0.324 e. The standard InChI is InChI=1S/C16H27N3/c1-13-6-4-5-7-15(13)16(17)8-9-19-11-10-18(3)12-14(19)2/h4-7,14,16H,8-12,17H2,1-3H3. The van der Waals surface area contributed by atoms with Gasteiger partial charge in [0.2, 0.25) is 0 Å². The molecule has 1 heterocycles. The van der Waals surface area contributed by atoms with Gasteiger partial charge in [0.25, 0.3) is 0 Å². The van der Waals surface area contributed by atoms with Crippen LogP contribution in [0.1, 0.15) is 30.5 Å². The lowest BCUT2D eigenvalue weighted by Gasteiger charge is -2.38. The van der Waals surface area contributed by atoms with Crippen LogP contribution >= 0.6 is 0 Å². The molecule has 1 saturated heterocycles. The number of hydrogen-bond acceptors (Lipinski definition) is 3. The van der Waals surface area contributed by atoms with E-state index in [1.807, 2.05) is 0 Å². The summed E-state index contributed by atoms with van der Waals surface area (Å²) in [5.41, 5.74) is 8.95. The van der Waals surface area contributed by atoms with Crippen LogP contribution in [0.15, 0.2) is 24.3 Å². The van der Waals surface area contributed by atoms with E-state index in [-0.39, 0.29) is 6.04 Å². The van der Waals surface area contributed by atoms with Gasteiger partial charge in [-0.2, -0.15) is 0 Å². The summed E-state index contributed by atoms with van der Waals surface area (Å²) in [7, 11) is 2.20. The molecule has 2 N–H and O–H groups in total. The van der Waals surface area contributed by atoms with Gasteiger partial charge in [-0.05, 0) is 38.4 Å². The van der Waals surface area contributed by atoms with E-state index in [4.69, 9.17) is 5.73 Å². The quantitative estimate of drug-likeness (QED) is 0.900. The second kappa shape index (κ2) is 6.51. The molecular formula is C16H27N3. The van der Waals surface area contributed by atoms with Crippen LogP contribution in [0.25, 0.3) is 0 Å². The first-order valence-corrected chi connectivity index (χ1v) is 7.31. The highest BCUT2D eigenvalue weighted by Crippen LogP contribution is 2.19. The molecule has 2 atom stereocenters. The summed E-state index contributed by atoms with van der Waals surface area (Å²) >= 11 is 0. The number of piperazine rings is 1. The summed E-state index contributed by atoms with van der Waals surface area (Å²) in [5.74, 6) is 0. The Kier molecular flexibility index (Phi) is 4.97. The molecule has 0 spiro atoms. The summed E-state index contributed by atoms with van der Waals surface area (Å²) < 4.78 is 0. The second-order valence-electron chi connectivity index (χ2n) is 5.90. The van der Waals surface area contributed by atoms with Crippen molar-refractivity contribution in [1.82, 2.24) is 9.80 Å². The van der Waals surface area contributed by atoms with Crippen molar-refractivity contribution in [1.29, 1.82) is 0 Å². The van der Waals surface area contributed by atoms with Crippen LogP contribution in [0.2, 0.25) is 0 Å². The van der Waals surface area contributed by atoms with Crippen molar-refractivity contribution in [3.05, 3.63) is 35.4 Å². The molecule has 1 aliphatic rings. The minimum absolute atomic E-state index is 0.160. The maximum absolute atomic E-state index is 6.35. The Labute approximate surface area is 117 Å². The van der Waals surface area contributed by atoms with Crippen LogP contribution in [0, 0.1) is 6.92 Å². The molecule has 3 heteroatoms. The second-order valence-corrected chi connectivity index (χ2v) is 5.90. The van der Waals surface area contributed by atoms with E-state index in [1.165, 1.54) is 24.2 Å². The number of aryl methyl sites for hydroxylation is 1. The third-order valence-corrected chi connectivity index (χ3v) is 4.28. The normalized spacial score (nSPS) is 23.5. The van der Waals surface area contributed by atoms with E-state index in [0.717, 1.165) is 19.5 Å². The molecule has 1 aliphatic heterocycles. The van der Waals surface area contributed by atoms with E-state index in [0.29, 0.717) is 6.04 Å². The number of likely N-dealkylation sites (N-methyl/N-ethyl adjacent to an activating group) is 1. The van der Waals surface area contributed by atoms with Crippen molar-refractivity contribution in [3.63, 3.8) is 0 Å². The third-order valence-electron chi connectivity index (χ3n) is 4.28. The molecule has 106 valence electrons. The maximum atomic E-state index is 6.35. The Bertz CT molecular complexity index is 405. The Morgan fingerprint density at radius 2 is 2.05 bits per heavy atom. The lowest BCUT2D eigenvalue weighted by molar-refractivity contribution is 0.0973. The van der Waals surface area contributed by atoms with Gasteiger partial charge in [0.15, 0.2) is 0 Å². The highest BCUT2D eigenvalue weighted by molar-refractivity contribution is 5.28. The molecule has 0 saturated carbocycles. The van der Waals surface area contributed by atoms with Crippen molar-refractivity contribution in [2.24, 2.45) is 5.73 Å². The Morgan fingerprint density at radius 3 is 2.74 bits per heavy atom. The molecule has 0 radical (unpaired) electrons. The summed E-state index contributed by atoms with van der Waals surface area (Å²) in [6.07, 6.45) is 1.04. The van der Waals surface area contributed by atoms with Gasteiger partial charge in [-0.15, -0.1) is 0 Å². The van der Waals surface area contributed by atoms with Gasteiger partial charge >= 0.3 is 0 Å². The first-order valence-electron chi connectivity index (χ1n) is 7.31. The van der Waals surface area contributed by atoms with E-state index in [2.05, 4.69) is 55.0 Å². The summed E-state index contributed by atoms with van der Waals surface area (Å²) in [4.78, 5) is 4.97. The Balaban J connectivity index is 1.87. The fourth-order valence-corrected chi connectivity index (χ4v) is 2.97. The van der Waals surface area contributed by atoms with Crippen molar-refractivity contribution < 1.29 is 0 Å². The molecule has 0 bridgehead atoms. The molecule has 1 aromatic carbocycles. The van der Waals surface area contributed by atoms with E-state index in [1.54, 1.807) is 0 Å². The van der Waals surface area contributed by atoms with Gasteiger partial charge in [0, 0.05) is 38.3 Å². The zero-order valence-electron chi connectivity index (χ0n) is 12.5. The largest absolute Gasteiger partial charge is 0.324 e. The Morgan fingerprint density at radius 1 is 1.32 bits per heavy atom. The topological polar surface area (TPSA) is 32.5 Å². The van der Waals surface area contributed by atoms with E-state index < -0.39 is 0 Å². The number of benzene rings is 1. The first-order chi connectivity index (χ1) is 9.08. The fourth-order valence-electron chi connectivity index (χ4n) is 2.97. The monoisotopic (exact) mass is 261 g/mol. The minimum atomic E-state index is 0.160. The molecule has 2 rings (SSSR count). The highest BCUT2D eigenvalue weighted by atomic mass is 15.3. The van der Waals surface area contributed by atoms with E-state index in [9.17, 15) is 0 Å². The molecule has 0 aliphatic carbocycles. The number of nitrogens with zero attached hydrogens (tertiary/aromatic N) is 2. The fraction of sp³-hybridized carbons (Fsp3) is 0.625. The zero-order valence-corrected chi connectivity index (χ0v) is 12.5. The van der Waals surface area contributed by atoms with Crippen molar-refractivity contribution >= 4 is 0 Å². The third kappa shape index (κ3) is 3.78. The number of hydrogen-bond donors (Lipinski definition) is 1. The maximum Gasteiger partial charge on any atom is 0.0309 e. The highest BCUT2D eigenvalue weighted by Gasteiger charge is 2.21. The molecule has 0 aromatic heterocycles. The number of nitrogens with two attached hydrogens (primary N) is 1. The average molecular weight is 261 g/mol. The summed E-state index contributed by atoms with van der Waals surface area (Å²) in [5, 5.41) is 0. The van der Waals surface area contributed by atoms with Crippen molar-refractivity contribution in [2.45, 2.75) is 32.4 Å². The molecule has 3 nitrogen and oxygen atoms in total. The van der Waals surface area contributed by atoms with Crippen LogP contribution < -0.4 is 5.73 Å². The summed E-state index contributed by atoms with van der Waals surface area (Å²) in [6.45, 7) is 9.06. The van der Waals surface area contributed by atoms with Crippen molar-refractivity contribution in [2.75, 3.05) is 33.2 Å². The predicted molar refractivity (Wildman–Crippen MR) is 81.3 cm³/mol. The van der Waals surface area contributed by atoms with Crippen LogP contribution in [-0.2, 0) is 0 Å². The van der Waals surface area contributed by atoms with Gasteiger partial charge < -0.3 is 10.6 Å². The lowest BCUT2D eigenvalue weighted by atomic mass is 9.99. The van der Waals surface area contributed by atoms with Gasteiger partial charge in [-0.25, -0.2) is 0 Å². The molecule has 2 unspecified atom stereocenters. The first kappa shape index (κ1) is 14.5. The Hall–Kier alpha value is -0.900. The zero-order chi connectivity index (χ0) is 13.8. The molecule has 1 aromatic rings. The number of rotatable bonds is 4. The summed E-state index contributed by atoms with van der Waals surface area (Å²) in [6, 6.07) is 9.27. The predicted octanol–water partition coefficient (Wildman–Crippen LogP) is 2.02. The van der Waals surface area contributed by atoms with Gasteiger partial charge in [-0.3, -0.25) is 4.90 Å². The van der Waals surface area contributed by atoms with Crippen LogP contribution in [0.4, 0.5) is 0 Å². The van der Waals surface area contributed by atoms with Crippen LogP contribution in [-0.4, -0.2) is 49.1 Å². The average Bonchev–Trinajstić information content (AvgIpc) is 2.38.